The molecule has 7 heteroatoms. The van der Waals surface area contributed by atoms with E-state index in [1.165, 1.54) is 6.07 Å². The first-order chi connectivity index (χ1) is 7.81. The van der Waals surface area contributed by atoms with Gasteiger partial charge < -0.3 is 0 Å². The molecule has 88 valence electrons. The van der Waals surface area contributed by atoms with Crippen molar-refractivity contribution < 1.29 is 22.8 Å². The molecule has 0 aliphatic carbocycles. The third kappa shape index (κ3) is 2.63. The third-order valence-electron chi connectivity index (χ3n) is 1.95. The molecule has 0 atom stereocenters. The van der Waals surface area contributed by atoms with E-state index in [-0.39, 0.29) is 6.29 Å². The van der Waals surface area contributed by atoms with Gasteiger partial charge in [-0.3, -0.25) is 9.59 Å². The van der Waals surface area contributed by atoms with Crippen molar-refractivity contribution in [3.8, 4) is 6.07 Å². The van der Waals surface area contributed by atoms with E-state index in [1.807, 2.05) is 0 Å². The average Bonchev–Trinajstić information content (AvgIpc) is 2.25. The van der Waals surface area contributed by atoms with E-state index in [0.29, 0.717) is 12.1 Å². The number of halogens is 4. The van der Waals surface area contributed by atoms with Crippen LogP contribution >= 0.6 is 11.6 Å². The molecule has 0 fully saturated rings. The number of nitrogens with zero attached hydrogens (tertiary/aromatic N) is 1. The Bertz CT molecular complexity index is 532. The Morgan fingerprint density at radius 3 is 2.35 bits per heavy atom. The van der Waals surface area contributed by atoms with Crippen molar-refractivity contribution in [1.29, 1.82) is 5.26 Å². The van der Waals surface area contributed by atoms with Crippen molar-refractivity contribution in [2.24, 2.45) is 0 Å². The highest BCUT2D eigenvalue weighted by Gasteiger charge is 2.34. The van der Waals surface area contributed by atoms with Crippen LogP contribution in [-0.2, 0) is 6.18 Å². The van der Waals surface area contributed by atoms with Gasteiger partial charge in [-0.05, 0) is 23.7 Å². The van der Waals surface area contributed by atoms with Gasteiger partial charge in [-0.1, -0.05) is 0 Å². The second-order valence-corrected chi connectivity index (χ2v) is 3.33. The van der Waals surface area contributed by atoms with E-state index in [1.54, 1.807) is 0 Å². The Morgan fingerprint density at radius 2 is 2.00 bits per heavy atom. The van der Waals surface area contributed by atoms with E-state index in [9.17, 15) is 22.8 Å². The zero-order valence-corrected chi connectivity index (χ0v) is 8.76. The predicted octanol–water partition coefficient (Wildman–Crippen LogP) is 2.77. The van der Waals surface area contributed by atoms with Gasteiger partial charge in [-0.2, -0.15) is 18.4 Å². The summed E-state index contributed by atoms with van der Waals surface area (Å²) in [6, 6.07) is 2.51. The maximum atomic E-state index is 12.5. The molecule has 1 aromatic carbocycles. The Labute approximate surface area is 98.4 Å². The summed E-state index contributed by atoms with van der Waals surface area (Å²) < 4.78 is 37.5. The largest absolute Gasteiger partial charge is 0.417 e. The van der Waals surface area contributed by atoms with Crippen LogP contribution in [-0.4, -0.2) is 11.5 Å². The van der Waals surface area contributed by atoms with Crippen molar-refractivity contribution in [3.63, 3.8) is 0 Å². The van der Waals surface area contributed by atoms with Gasteiger partial charge in [-0.15, -0.1) is 0 Å². The summed E-state index contributed by atoms with van der Waals surface area (Å²) in [6.45, 7) is 0. The molecule has 0 bridgehead atoms. The summed E-state index contributed by atoms with van der Waals surface area (Å²) in [5.74, 6) is 0. The predicted molar refractivity (Wildman–Crippen MR) is 51.7 cm³/mol. The topological polar surface area (TPSA) is 57.9 Å². The molecule has 0 saturated carbocycles. The number of carbonyl (C=O) groups is 2. The fourth-order valence-electron chi connectivity index (χ4n) is 1.21. The zero-order chi connectivity index (χ0) is 13.2. The number of aldehydes is 1. The molecule has 0 aliphatic rings. The van der Waals surface area contributed by atoms with E-state index < -0.39 is 33.7 Å². The maximum Gasteiger partial charge on any atom is 0.417 e. The Balaban J connectivity index is 3.62. The molecular weight excluding hydrogens is 259 g/mol. The minimum absolute atomic E-state index is 0.0483. The van der Waals surface area contributed by atoms with Crippen molar-refractivity contribution in [3.05, 3.63) is 34.4 Å². The minimum atomic E-state index is -4.78. The molecule has 17 heavy (non-hydrogen) atoms. The quantitative estimate of drug-likeness (QED) is 0.607. The third-order valence-corrected chi connectivity index (χ3v) is 2.16. The standard InChI is InChI=1S/C10H3ClF3NO2/c11-9(17)7-1-6(4-16)8(10(12,13)14)2-5(7)3-15/h1-2,4H. The first-order valence-electron chi connectivity index (χ1n) is 4.11. The van der Waals surface area contributed by atoms with Gasteiger partial charge in [0.25, 0.3) is 5.24 Å². The van der Waals surface area contributed by atoms with Gasteiger partial charge in [0.2, 0.25) is 0 Å². The number of carbonyl (C=O) groups excluding carboxylic acids is 2. The number of rotatable bonds is 2. The number of hydrogen-bond acceptors (Lipinski definition) is 3. The second kappa shape index (κ2) is 4.55. The smallest absolute Gasteiger partial charge is 0.298 e. The highest BCUT2D eigenvalue weighted by molar-refractivity contribution is 6.68. The number of alkyl halides is 3. The molecule has 0 amide bonds. The fourth-order valence-corrected chi connectivity index (χ4v) is 1.37. The molecule has 1 aromatic rings. The van der Waals surface area contributed by atoms with Crippen LogP contribution in [0.4, 0.5) is 13.2 Å². The molecule has 0 radical (unpaired) electrons. The summed E-state index contributed by atoms with van der Waals surface area (Å²) in [5, 5.41) is 7.51. The molecule has 0 spiro atoms. The van der Waals surface area contributed by atoms with Crippen molar-refractivity contribution >= 4 is 23.1 Å². The van der Waals surface area contributed by atoms with Crippen LogP contribution in [0.3, 0.4) is 0 Å². The van der Waals surface area contributed by atoms with Gasteiger partial charge in [-0.25, -0.2) is 0 Å². The number of hydrogen-bond donors (Lipinski definition) is 0. The minimum Gasteiger partial charge on any atom is -0.298 e. The van der Waals surface area contributed by atoms with Gasteiger partial charge in [0, 0.05) is 5.56 Å². The van der Waals surface area contributed by atoms with E-state index in [2.05, 4.69) is 0 Å². The van der Waals surface area contributed by atoms with Gasteiger partial charge >= 0.3 is 6.18 Å². The number of nitriles is 1. The highest BCUT2D eigenvalue weighted by Crippen LogP contribution is 2.33. The Hall–Kier alpha value is -1.87. The monoisotopic (exact) mass is 261 g/mol. The van der Waals surface area contributed by atoms with Crippen LogP contribution in [0.15, 0.2) is 12.1 Å². The fraction of sp³-hybridized carbons (Fsp3) is 0.100. The van der Waals surface area contributed by atoms with Gasteiger partial charge in [0.05, 0.1) is 22.8 Å². The van der Waals surface area contributed by atoms with Gasteiger partial charge in [0.1, 0.15) is 0 Å². The van der Waals surface area contributed by atoms with Crippen LogP contribution in [0.2, 0.25) is 0 Å². The molecule has 0 N–H and O–H groups in total. The molecular formula is C10H3ClF3NO2. The second-order valence-electron chi connectivity index (χ2n) is 2.99. The highest BCUT2D eigenvalue weighted by atomic mass is 35.5. The van der Waals surface area contributed by atoms with Crippen molar-refractivity contribution in [2.75, 3.05) is 0 Å². The van der Waals surface area contributed by atoms with Crippen LogP contribution < -0.4 is 0 Å². The summed E-state index contributed by atoms with van der Waals surface area (Å²) in [6.07, 6.45) is -4.83. The van der Waals surface area contributed by atoms with E-state index in [4.69, 9.17) is 16.9 Å². The lowest BCUT2D eigenvalue weighted by Crippen LogP contribution is -2.11. The zero-order valence-electron chi connectivity index (χ0n) is 8.01. The summed E-state index contributed by atoms with van der Waals surface area (Å²) in [7, 11) is 0. The van der Waals surface area contributed by atoms with Crippen LogP contribution in [0.25, 0.3) is 0 Å². The van der Waals surface area contributed by atoms with Crippen LogP contribution in [0, 0.1) is 11.3 Å². The lowest BCUT2D eigenvalue weighted by molar-refractivity contribution is -0.137. The molecule has 0 unspecified atom stereocenters. The van der Waals surface area contributed by atoms with Crippen molar-refractivity contribution in [1.82, 2.24) is 0 Å². The summed E-state index contributed by atoms with van der Waals surface area (Å²) >= 11 is 5.10. The molecule has 0 saturated heterocycles. The van der Waals surface area contributed by atoms with Crippen LogP contribution in [0.1, 0.15) is 31.8 Å². The first-order valence-corrected chi connectivity index (χ1v) is 4.49. The Kier molecular flexibility index (Phi) is 3.53. The van der Waals surface area contributed by atoms with Crippen LogP contribution in [0.5, 0.6) is 0 Å². The molecule has 0 aliphatic heterocycles. The van der Waals surface area contributed by atoms with E-state index >= 15 is 0 Å². The first kappa shape index (κ1) is 13.2. The number of benzene rings is 1. The molecule has 0 aromatic heterocycles. The summed E-state index contributed by atoms with van der Waals surface area (Å²) in [5.41, 5.74) is -2.96. The van der Waals surface area contributed by atoms with Gasteiger partial charge in [0.15, 0.2) is 6.29 Å². The lowest BCUT2D eigenvalue weighted by atomic mass is 10.00. The molecule has 3 nitrogen and oxygen atoms in total. The van der Waals surface area contributed by atoms with Crippen molar-refractivity contribution in [2.45, 2.75) is 6.18 Å². The normalized spacial score (nSPS) is 10.8. The SMILES string of the molecule is N#Cc1cc(C(F)(F)F)c(C=O)cc1C(=O)Cl. The lowest BCUT2D eigenvalue weighted by Gasteiger charge is -2.10. The van der Waals surface area contributed by atoms with E-state index in [0.717, 1.165) is 0 Å². The summed E-state index contributed by atoms with van der Waals surface area (Å²) in [4.78, 5) is 21.4. The molecule has 1 rings (SSSR count). The molecule has 0 heterocycles. The average molecular weight is 262 g/mol. The maximum absolute atomic E-state index is 12.5. The Morgan fingerprint density at radius 1 is 1.41 bits per heavy atom.